The van der Waals surface area contributed by atoms with Gasteiger partial charge in [-0.1, -0.05) is 53.1 Å². The van der Waals surface area contributed by atoms with Gasteiger partial charge in [-0.15, -0.1) is 11.8 Å². The van der Waals surface area contributed by atoms with E-state index in [4.69, 9.17) is 4.99 Å². The summed E-state index contributed by atoms with van der Waals surface area (Å²) in [5, 5.41) is 0. The molecule has 0 saturated heterocycles. The lowest BCUT2D eigenvalue weighted by atomic mass is 10.1. The maximum absolute atomic E-state index is 4.78. The summed E-state index contributed by atoms with van der Waals surface area (Å²) in [6.07, 6.45) is 12.9. The fourth-order valence-corrected chi connectivity index (χ4v) is 4.44. The number of nitrogens with zero attached hydrogens (tertiary/aromatic N) is 2. The maximum Gasteiger partial charge on any atom is 0.131 e. The third-order valence-electron chi connectivity index (χ3n) is 5.20. The summed E-state index contributed by atoms with van der Waals surface area (Å²) in [6, 6.07) is 8.70. The van der Waals surface area contributed by atoms with Crippen LogP contribution in [0.3, 0.4) is 0 Å². The summed E-state index contributed by atoms with van der Waals surface area (Å²) in [5.41, 5.74) is 5.69. The molecule has 1 aromatic carbocycles. The SMILES string of the molecule is CC(C)=CCCC(C)=CCCC(C)=CCSc1ccccc1C1=NCCCN1C. The second kappa shape index (κ2) is 12.7. The lowest BCUT2D eigenvalue weighted by Gasteiger charge is -2.26. The minimum Gasteiger partial charge on any atom is -0.359 e. The zero-order chi connectivity index (χ0) is 21.1. The molecule has 0 spiro atoms. The molecule has 0 bridgehead atoms. The van der Waals surface area contributed by atoms with Gasteiger partial charge in [0.25, 0.3) is 0 Å². The Bertz CT molecular complexity index is 767. The Hall–Kier alpha value is -1.74. The van der Waals surface area contributed by atoms with Gasteiger partial charge in [0.2, 0.25) is 0 Å². The third kappa shape index (κ3) is 8.65. The van der Waals surface area contributed by atoms with Crippen molar-refractivity contribution in [3.8, 4) is 0 Å². The van der Waals surface area contributed by atoms with Crippen molar-refractivity contribution in [1.82, 2.24) is 4.90 Å². The molecular formula is C26H38N2S. The Morgan fingerprint density at radius 1 is 1.00 bits per heavy atom. The standard InChI is InChI=1S/C26H38N2S/c1-21(2)11-8-12-22(3)13-9-14-23(4)17-20-29-25-16-7-6-15-24(25)26-27-18-10-19-28(26)5/h6-7,11,13,15-17H,8-10,12,14,18-20H2,1-5H3. The molecule has 158 valence electrons. The van der Waals surface area contributed by atoms with Crippen LogP contribution < -0.4 is 0 Å². The van der Waals surface area contributed by atoms with Crippen LogP contribution >= 0.6 is 11.8 Å². The molecule has 0 N–H and O–H groups in total. The molecule has 0 atom stereocenters. The number of rotatable bonds is 10. The van der Waals surface area contributed by atoms with Crippen LogP contribution in [-0.4, -0.2) is 36.6 Å². The smallest absolute Gasteiger partial charge is 0.131 e. The zero-order valence-corrected chi connectivity index (χ0v) is 19.8. The van der Waals surface area contributed by atoms with Crippen LogP contribution in [0.25, 0.3) is 0 Å². The highest BCUT2D eigenvalue weighted by Crippen LogP contribution is 2.26. The number of benzene rings is 1. The van der Waals surface area contributed by atoms with E-state index < -0.39 is 0 Å². The van der Waals surface area contributed by atoms with Crippen molar-refractivity contribution in [2.24, 2.45) is 4.99 Å². The van der Waals surface area contributed by atoms with Gasteiger partial charge in [-0.2, -0.15) is 0 Å². The van der Waals surface area contributed by atoms with E-state index >= 15 is 0 Å². The molecule has 0 saturated carbocycles. The zero-order valence-electron chi connectivity index (χ0n) is 19.0. The van der Waals surface area contributed by atoms with E-state index in [1.54, 1.807) is 0 Å². The molecule has 1 aliphatic heterocycles. The second-order valence-electron chi connectivity index (χ2n) is 8.25. The Morgan fingerprint density at radius 2 is 1.69 bits per heavy atom. The Labute approximate surface area is 182 Å². The maximum atomic E-state index is 4.78. The van der Waals surface area contributed by atoms with Crippen molar-refractivity contribution in [3.05, 3.63) is 64.8 Å². The van der Waals surface area contributed by atoms with E-state index in [1.807, 2.05) is 11.8 Å². The van der Waals surface area contributed by atoms with Gasteiger partial charge in [-0.05, 0) is 65.9 Å². The second-order valence-corrected chi connectivity index (χ2v) is 9.31. The van der Waals surface area contributed by atoms with E-state index in [2.05, 4.69) is 82.1 Å². The first-order valence-electron chi connectivity index (χ1n) is 10.9. The molecule has 0 amide bonds. The van der Waals surface area contributed by atoms with E-state index in [1.165, 1.54) is 33.6 Å². The van der Waals surface area contributed by atoms with E-state index in [9.17, 15) is 0 Å². The topological polar surface area (TPSA) is 15.6 Å². The van der Waals surface area contributed by atoms with E-state index in [-0.39, 0.29) is 0 Å². The van der Waals surface area contributed by atoms with Crippen molar-refractivity contribution < 1.29 is 0 Å². The molecule has 2 nitrogen and oxygen atoms in total. The van der Waals surface area contributed by atoms with Crippen molar-refractivity contribution in [2.45, 2.75) is 64.7 Å². The van der Waals surface area contributed by atoms with Gasteiger partial charge in [0, 0.05) is 36.3 Å². The lowest BCUT2D eigenvalue weighted by molar-refractivity contribution is 0.467. The summed E-state index contributed by atoms with van der Waals surface area (Å²) >= 11 is 1.92. The molecule has 0 aliphatic carbocycles. The average Bonchev–Trinajstić information content (AvgIpc) is 2.68. The molecular weight excluding hydrogens is 372 g/mol. The number of thioether (sulfide) groups is 1. The Kier molecular flexibility index (Phi) is 10.3. The van der Waals surface area contributed by atoms with Gasteiger partial charge in [0.1, 0.15) is 5.84 Å². The van der Waals surface area contributed by atoms with Crippen LogP contribution in [0.4, 0.5) is 0 Å². The van der Waals surface area contributed by atoms with Crippen LogP contribution in [0, 0.1) is 0 Å². The highest BCUT2D eigenvalue weighted by Gasteiger charge is 2.16. The molecule has 0 fully saturated rings. The fraction of sp³-hybridized carbons (Fsp3) is 0.500. The van der Waals surface area contributed by atoms with Crippen molar-refractivity contribution in [3.63, 3.8) is 0 Å². The molecule has 0 aromatic heterocycles. The van der Waals surface area contributed by atoms with Gasteiger partial charge in [0.15, 0.2) is 0 Å². The number of hydrogen-bond acceptors (Lipinski definition) is 3. The van der Waals surface area contributed by atoms with Gasteiger partial charge < -0.3 is 4.90 Å². The monoisotopic (exact) mass is 410 g/mol. The van der Waals surface area contributed by atoms with Crippen molar-refractivity contribution >= 4 is 17.6 Å². The van der Waals surface area contributed by atoms with Crippen LogP contribution in [0.1, 0.15) is 65.4 Å². The largest absolute Gasteiger partial charge is 0.359 e. The number of amidine groups is 1. The Balaban J connectivity index is 1.84. The predicted molar refractivity (Wildman–Crippen MR) is 131 cm³/mol. The fourth-order valence-electron chi connectivity index (χ4n) is 3.40. The number of hydrogen-bond donors (Lipinski definition) is 0. The van der Waals surface area contributed by atoms with Gasteiger partial charge in [-0.3, -0.25) is 4.99 Å². The molecule has 1 aliphatic rings. The molecule has 2 rings (SSSR count). The summed E-state index contributed by atoms with van der Waals surface area (Å²) in [5.74, 6) is 2.16. The van der Waals surface area contributed by atoms with E-state index in [0.29, 0.717) is 0 Å². The van der Waals surface area contributed by atoms with Gasteiger partial charge in [-0.25, -0.2) is 0 Å². The summed E-state index contributed by atoms with van der Waals surface area (Å²) < 4.78 is 0. The first-order valence-corrected chi connectivity index (χ1v) is 11.9. The van der Waals surface area contributed by atoms with Crippen LogP contribution in [0.15, 0.2) is 69.1 Å². The minimum atomic E-state index is 0.943. The molecule has 0 radical (unpaired) electrons. The quantitative estimate of drug-likeness (QED) is 0.297. The van der Waals surface area contributed by atoms with Crippen LogP contribution in [-0.2, 0) is 0 Å². The predicted octanol–water partition coefficient (Wildman–Crippen LogP) is 7.28. The van der Waals surface area contributed by atoms with Crippen molar-refractivity contribution in [1.29, 1.82) is 0 Å². The van der Waals surface area contributed by atoms with Crippen LogP contribution in [0.5, 0.6) is 0 Å². The summed E-state index contributed by atoms with van der Waals surface area (Å²) in [7, 11) is 2.15. The summed E-state index contributed by atoms with van der Waals surface area (Å²) in [6.45, 7) is 10.9. The highest BCUT2D eigenvalue weighted by molar-refractivity contribution is 7.99. The first kappa shape index (κ1) is 23.5. The van der Waals surface area contributed by atoms with E-state index in [0.717, 1.165) is 50.4 Å². The summed E-state index contributed by atoms with van der Waals surface area (Å²) in [4.78, 5) is 8.40. The molecule has 1 heterocycles. The Morgan fingerprint density at radius 3 is 2.41 bits per heavy atom. The first-order chi connectivity index (χ1) is 14.0. The normalized spacial score (nSPS) is 15.3. The third-order valence-corrected chi connectivity index (χ3v) is 6.20. The average molecular weight is 411 g/mol. The molecule has 0 unspecified atom stereocenters. The molecule has 29 heavy (non-hydrogen) atoms. The number of aliphatic imine (C=N–C) groups is 1. The minimum absolute atomic E-state index is 0.943. The van der Waals surface area contributed by atoms with Crippen LogP contribution in [0.2, 0.25) is 0 Å². The molecule has 1 aromatic rings. The van der Waals surface area contributed by atoms with Gasteiger partial charge in [0.05, 0.1) is 0 Å². The lowest BCUT2D eigenvalue weighted by Crippen LogP contribution is -2.33. The molecule has 3 heteroatoms. The van der Waals surface area contributed by atoms with Gasteiger partial charge >= 0.3 is 0 Å². The number of allylic oxidation sites excluding steroid dienone is 5. The highest BCUT2D eigenvalue weighted by atomic mass is 32.2. The van der Waals surface area contributed by atoms with Crippen molar-refractivity contribution in [2.75, 3.05) is 25.9 Å².